The maximum atomic E-state index is 12.8. The van der Waals surface area contributed by atoms with Gasteiger partial charge in [-0.15, -0.1) is 0 Å². The van der Waals surface area contributed by atoms with E-state index in [0.717, 1.165) is 6.20 Å². The van der Waals surface area contributed by atoms with Crippen LogP contribution < -0.4 is 4.31 Å². The first-order valence-corrected chi connectivity index (χ1v) is 8.24. The lowest BCUT2D eigenvalue weighted by Crippen LogP contribution is -2.32. The van der Waals surface area contributed by atoms with Crippen molar-refractivity contribution in [3.8, 4) is 0 Å². The van der Waals surface area contributed by atoms with Crippen LogP contribution >= 0.6 is 0 Å². The first-order valence-electron chi connectivity index (χ1n) is 6.80. The standard InChI is InChI=1S/C14H17N3O4S/c1-3-17(11-8-6-5-7-9-11)22(19,20)13-12(10-15-16-13)14(18)21-4-2/h5-10H,3-4H2,1-2H3,(H,15,16). The van der Waals surface area contributed by atoms with Crippen molar-refractivity contribution in [3.63, 3.8) is 0 Å². The molecular formula is C14H17N3O4S. The lowest BCUT2D eigenvalue weighted by molar-refractivity contribution is 0.0522. The fourth-order valence-corrected chi connectivity index (χ4v) is 3.56. The van der Waals surface area contributed by atoms with Crippen molar-refractivity contribution in [2.45, 2.75) is 18.9 Å². The van der Waals surface area contributed by atoms with Crippen LogP contribution in [0, 0.1) is 0 Å². The third-order valence-electron chi connectivity index (χ3n) is 2.98. The number of nitrogens with zero attached hydrogens (tertiary/aromatic N) is 2. The van der Waals surface area contributed by atoms with Crippen LogP contribution in [0.5, 0.6) is 0 Å². The third-order valence-corrected chi connectivity index (χ3v) is 4.86. The van der Waals surface area contributed by atoms with E-state index in [0.29, 0.717) is 5.69 Å². The first kappa shape index (κ1) is 16.0. The first-order chi connectivity index (χ1) is 10.5. The number of aromatic nitrogens is 2. The van der Waals surface area contributed by atoms with E-state index in [9.17, 15) is 13.2 Å². The molecule has 22 heavy (non-hydrogen) atoms. The van der Waals surface area contributed by atoms with E-state index >= 15 is 0 Å². The highest BCUT2D eigenvalue weighted by Crippen LogP contribution is 2.24. The van der Waals surface area contributed by atoms with Crippen molar-refractivity contribution in [2.75, 3.05) is 17.5 Å². The number of benzene rings is 1. The molecule has 0 saturated carbocycles. The molecule has 0 spiro atoms. The van der Waals surface area contributed by atoms with Crippen molar-refractivity contribution in [1.82, 2.24) is 10.2 Å². The van der Waals surface area contributed by atoms with Gasteiger partial charge in [0.15, 0.2) is 5.03 Å². The summed E-state index contributed by atoms with van der Waals surface area (Å²) in [7, 11) is -3.94. The molecule has 1 heterocycles. The van der Waals surface area contributed by atoms with Gasteiger partial charge in [-0.25, -0.2) is 4.79 Å². The summed E-state index contributed by atoms with van der Waals surface area (Å²) in [6.45, 7) is 3.73. The largest absolute Gasteiger partial charge is 0.462 e. The molecule has 0 amide bonds. The van der Waals surface area contributed by atoms with Gasteiger partial charge in [-0.3, -0.25) is 9.40 Å². The fraction of sp³-hybridized carbons (Fsp3) is 0.286. The lowest BCUT2D eigenvalue weighted by Gasteiger charge is -2.22. The predicted molar refractivity (Wildman–Crippen MR) is 81.2 cm³/mol. The molecule has 1 aromatic heterocycles. The van der Waals surface area contributed by atoms with Gasteiger partial charge in [0.1, 0.15) is 5.56 Å². The maximum Gasteiger partial charge on any atom is 0.342 e. The van der Waals surface area contributed by atoms with Crippen molar-refractivity contribution in [1.29, 1.82) is 0 Å². The Kier molecular flexibility index (Phi) is 4.81. The minimum Gasteiger partial charge on any atom is -0.462 e. The number of anilines is 1. The summed E-state index contributed by atoms with van der Waals surface area (Å²) in [5.74, 6) is -0.723. The molecule has 0 aliphatic carbocycles. The molecular weight excluding hydrogens is 306 g/mol. The van der Waals surface area contributed by atoms with Crippen LogP contribution in [-0.2, 0) is 14.8 Å². The number of hydrogen-bond donors (Lipinski definition) is 1. The van der Waals surface area contributed by atoms with E-state index in [1.807, 2.05) is 0 Å². The molecule has 1 N–H and O–H groups in total. The van der Waals surface area contributed by atoms with Crippen molar-refractivity contribution in [3.05, 3.63) is 42.1 Å². The zero-order valence-corrected chi connectivity index (χ0v) is 13.1. The Morgan fingerprint density at radius 3 is 2.55 bits per heavy atom. The van der Waals surface area contributed by atoms with Gasteiger partial charge in [-0.2, -0.15) is 13.5 Å². The molecule has 0 fully saturated rings. The average molecular weight is 323 g/mol. The maximum absolute atomic E-state index is 12.8. The Morgan fingerprint density at radius 1 is 1.27 bits per heavy atom. The normalized spacial score (nSPS) is 11.2. The fourth-order valence-electron chi connectivity index (χ4n) is 2.02. The van der Waals surface area contributed by atoms with E-state index in [4.69, 9.17) is 4.74 Å². The van der Waals surface area contributed by atoms with Crippen LogP contribution in [-0.4, -0.2) is 37.7 Å². The van der Waals surface area contributed by atoms with E-state index in [1.165, 1.54) is 4.31 Å². The minimum atomic E-state index is -3.94. The van der Waals surface area contributed by atoms with Crippen LogP contribution in [0.4, 0.5) is 5.69 Å². The van der Waals surface area contributed by atoms with Gasteiger partial charge in [-0.1, -0.05) is 18.2 Å². The Labute approximate surface area is 129 Å². The smallest absolute Gasteiger partial charge is 0.342 e. The van der Waals surface area contributed by atoms with Gasteiger partial charge in [0.25, 0.3) is 10.0 Å². The van der Waals surface area contributed by atoms with Crippen molar-refractivity contribution < 1.29 is 17.9 Å². The molecule has 0 atom stereocenters. The monoisotopic (exact) mass is 323 g/mol. The van der Waals surface area contributed by atoms with Gasteiger partial charge < -0.3 is 4.74 Å². The van der Waals surface area contributed by atoms with Crippen molar-refractivity contribution >= 4 is 21.7 Å². The average Bonchev–Trinajstić information content (AvgIpc) is 2.99. The number of nitrogens with one attached hydrogen (secondary N) is 1. The highest BCUT2D eigenvalue weighted by molar-refractivity contribution is 7.92. The summed E-state index contributed by atoms with van der Waals surface area (Å²) in [5, 5.41) is 5.79. The van der Waals surface area contributed by atoms with Gasteiger partial charge in [0, 0.05) is 6.54 Å². The summed E-state index contributed by atoms with van der Waals surface area (Å²) in [6, 6.07) is 8.65. The number of carbonyl (C=O) groups is 1. The zero-order chi connectivity index (χ0) is 16.2. The summed E-state index contributed by atoms with van der Waals surface area (Å²) >= 11 is 0. The lowest BCUT2D eigenvalue weighted by atomic mass is 10.3. The summed E-state index contributed by atoms with van der Waals surface area (Å²) < 4.78 is 31.7. The third kappa shape index (κ3) is 2.96. The second-order valence-electron chi connectivity index (χ2n) is 4.34. The second kappa shape index (κ2) is 6.61. The summed E-state index contributed by atoms with van der Waals surface area (Å²) in [5.41, 5.74) is 0.408. The number of para-hydroxylation sites is 1. The molecule has 0 radical (unpaired) electrons. The second-order valence-corrected chi connectivity index (χ2v) is 6.14. The number of rotatable bonds is 6. The predicted octanol–water partition coefficient (Wildman–Crippen LogP) is 1.80. The zero-order valence-electron chi connectivity index (χ0n) is 12.3. The van der Waals surface area contributed by atoms with E-state index in [2.05, 4.69) is 10.2 Å². The molecule has 0 bridgehead atoms. The summed E-state index contributed by atoms with van der Waals surface area (Å²) in [4.78, 5) is 11.9. The Morgan fingerprint density at radius 2 is 1.95 bits per heavy atom. The van der Waals surface area contributed by atoms with Crippen LogP contribution in [0.2, 0.25) is 0 Å². The number of aromatic amines is 1. The molecule has 118 valence electrons. The van der Waals surface area contributed by atoms with E-state index in [-0.39, 0.29) is 23.7 Å². The molecule has 2 rings (SSSR count). The number of esters is 1. The van der Waals surface area contributed by atoms with Gasteiger partial charge in [0.2, 0.25) is 0 Å². The van der Waals surface area contributed by atoms with Crippen LogP contribution in [0.1, 0.15) is 24.2 Å². The summed E-state index contributed by atoms with van der Waals surface area (Å²) in [6.07, 6.45) is 1.16. The number of H-pyrrole nitrogens is 1. The van der Waals surface area contributed by atoms with Gasteiger partial charge >= 0.3 is 5.97 Å². The molecule has 2 aromatic rings. The molecule has 0 unspecified atom stereocenters. The Balaban J connectivity index is 2.46. The molecule has 1 aromatic carbocycles. The SMILES string of the molecule is CCOC(=O)c1cn[nH]c1S(=O)(=O)N(CC)c1ccccc1. The van der Waals surface area contributed by atoms with E-state index < -0.39 is 16.0 Å². The molecule has 8 heteroatoms. The molecule has 7 nitrogen and oxygen atoms in total. The van der Waals surface area contributed by atoms with Gasteiger partial charge in [0.05, 0.1) is 18.5 Å². The number of sulfonamides is 1. The highest BCUT2D eigenvalue weighted by Gasteiger charge is 2.31. The highest BCUT2D eigenvalue weighted by atomic mass is 32.2. The van der Waals surface area contributed by atoms with Crippen LogP contribution in [0.15, 0.2) is 41.6 Å². The Bertz CT molecular complexity index is 740. The van der Waals surface area contributed by atoms with Crippen molar-refractivity contribution in [2.24, 2.45) is 0 Å². The molecule has 0 aliphatic heterocycles. The van der Waals surface area contributed by atoms with Crippen LogP contribution in [0.25, 0.3) is 0 Å². The Hall–Kier alpha value is -2.35. The van der Waals surface area contributed by atoms with Gasteiger partial charge in [-0.05, 0) is 26.0 Å². The minimum absolute atomic E-state index is 0.101. The molecule has 0 aliphatic rings. The molecule has 0 saturated heterocycles. The quantitative estimate of drug-likeness (QED) is 0.818. The van der Waals surface area contributed by atoms with E-state index in [1.54, 1.807) is 44.2 Å². The number of ether oxygens (including phenoxy) is 1. The topological polar surface area (TPSA) is 92.4 Å². The number of hydrogen-bond acceptors (Lipinski definition) is 5. The number of carbonyl (C=O) groups excluding carboxylic acids is 1. The van der Waals surface area contributed by atoms with Crippen LogP contribution in [0.3, 0.4) is 0 Å².